The van der Waals surface area contributed by atoms with Gasteiger partial charge < -0.3 is 5.32 Å². The first-order chi connectivity index (χ1) is 14.9. The summed E-state index contributed by atoms with van der Waals surface area (Å²) in [4.78, 5) is 31.5. The molecule has 3 atom stereocenters. The number of benzene rings is 1. The van der Waals surface area contributed by atoms with Crippen molar-refractivity contribution < 1.29 is 18.4 Å². The van der Waals surface area contributed by atoms with Gasteiger partial charge in [-0.1, -0.05) is 18.2 Å². The maximum atomic E-state index is 14.4. The lowest BCUT2D eigenvalue weighted by Crippen LogP contribution is -2.48. The number of carbonyl (C=O) groups is 2. The number of amides is 2. The molecule has 0 unspecified atom stereocenters. The van der Waals surface area contributed by atoms with Crippen LogP contribution in [0.4, 0.5) is 14.6 Å². The van der Waals surface area contributed by atoms with Crippen LogP contribution < -0.4 is 10.2 Å². The molecule has 31 heavy (non-hydrogen) atoms. The lowest BCUT2D eigenvalue weighted by Gasteiger charge is -2.22. The average Bonchev–Trinajstić information content (AvgIpc) is 3.48. The first kappa shape index (κ1) is 19.3. The highest BCUT2D eigenvalue weighted by atomic mass is 19.1. The number of hydrogen-bond acceptors (Lipinski definition) is 4. The molecule has 0 spiro atoms. The maximum absolute atomic E-state index is 14.4. The molecule has 1 fully saturated rings. The van der Waals surface area contributed by atoms with Gasteiger partial charge in [0, 0.05) is 13.2 Å². The van der Waals surface area contributed by atoms with E-state index in [0.29, 0.717) is 11.4 Å². The van der Waals surface area contributed by atoms with Crippen molar-refractivity contribution in [1.29, 1.82) is 0 Å². The number of likely N-dealkylation sites (N-methyl/N-ethyl adjacent to an activating group) is 1. The molecule has 3 aromatic rings. The van der Waals surface area contributed by atoms with Gasteiger partial charge in [0.05, 0.1) is 12.7 Å². The lowest BCUT2D eigenvalue weighted by atomic mass is 10.1. The topological polar surface area (TPSA) is 80.1 Å². The number of anilines is 1. The molecule has 3 heterocycles. The van der Waals surface area contributed by atoms with Crippen molar-refractivity contribution in [3.63, 3.8) is 0 Å². The van der Waals surface area contributed by atoms with Gasteiger partial charge in [-0.25, -0.2) is 13.8 Å². The molecule has 2 aliphatic rings. The molecule has 1 aliphatic carbocycles. The molecule has 5 rings (SSSR count). The SMILES string of the molecule is CN1C(=O)[C@@H](NC(=O)c2nn(Cc3ccc(F)cc3)cc2F)[C@H]2C[C@H]2c2cccnc21. The molecule has 7 nitrogen and oxygen atoms in total. The number of aromatic nitrogens is 3. The van der Waals surface area contributed by atoms with Gasteiger partial charge in [-0.05, 0) is 47.6 Å². The highest BCUT2D eigenvalue weighted by Crippen LogP contribution is 2.53. The molecule has 1 aromatic carbocycles. The second-order valence-corrected chi connectivity index (χ2v) is 7.92. The number of hydrogen-bond donors (Lipinski definition) is 1. The van der Waals surface area contributed by atoms with E-state index in [4.69, 9.17) is 0 Å². The smallest absolute Gasteiger partial charge is 0.275 e. The third-order valence-electron chi connectivity index (χ3n) is 5.88. The predicted octanol–water partition coefficient (Wildman–Crippen LogP) is 2.48. The molecule has 0 bridgehead atoms. The van der Waals surface area contributed by atoms with Crippen LogP contribution in [0.15, 0.2) is 48.8 Å². The third kappa shape index (κ3) is 3.45. The van der Waals surface area contributed by atoms with Crippen LogP contribution in [0.3, 0.4) is 0 Å². The number of nitrogens with one attached hydrogen (secondary N) is 1. The van der Waals surface area contributed by atoms with Gasteiger partial charge in [0.2, 0.25) is 0 Å². The Labute approximate surface area is 176 Å². The number of halogens is 2. The van der Waals surface area contributed by atoms with E-state index in [0.717, 1.165) is 18.2 Å². The predicted molar refractivity (Wildman–Crippen MR) is 107 cm³/mol. The van der Waals surface area contributed by atoms with Gasteiger partial charge in [0.1, 0.15) is 17.7 Å². The normalized spacial score (nSPS) is 21.8. The van der Waals surface area contributed by atoms with E-state index in [1.165, 1.54) is 21.7 Å². The summed E-state index contributed by atoms with van der Waals surface area (Å²) in [5.74, 6) is -1.53. The van der Waals surface area contributed by atoms with E-state index in [1.54, 1.807) is 25.4 Å². The summed E-state index contributed by atoms with van der Waals surface area (Å²) in [6.45, 7) is 0.182. The van der Waals surface area contributed by atoms with Crippen molar-refractivity contribution in [1.82, 2.24) is 20.1 Å². The van der Waals surface area contributed by atoms with Gasteiger partial charge in [-0.15, -0.1) is 0 Å². The molecule has 9 heteroatoms. The van der Waals surface area contributed by atoms with Crippen LogP contribution in [0.5, 0.6) is 0 Å². The van der Waals surface area contributed by atoms with Gasteiger partial charge in [-0.2, -0.15) is 5.10 Å². The Bertz CT molecular complexity index is 1180. The summed E-state index contributed by atoms with van der Waals surface area (Å²) < 4.78 is 28.8. The Balaban J connectivity index is 1.34. The first-order valence-corrected chi connectivity index (χ1v) is 9.93. The molecule has 1 N–H and O–H groups in total. The van der Waals surface area contributed by atoms with E-state index in [9.17, 15) is 18.4 Å². The molecular formula is C22H19F2N5O2. The first-order valence-electron chi connectivity index (χ1n) is 9.93. The summed E-state index contributed by atoms with van der Waals surface area (Å²) in [5.41, 5.74) is 1.31. The fourth-order valence-electron chi connectivity index (χ4n) is 4.20. The van der Waals surface area contributed by atoms with Gasteiger partial charge in [0.15, 0.2) is 11.5 Å². The summed E-state index contributed by atoms with van der Waals surface area (Å²) >= 11 is 0. The minimum atomic E-state index is -0.786. The molecule has 2 aromatic heterocycles. The summed E-state index contributed by atoms with van der Waals surface area (Å²) in [6, 6.07) is 8.72. The standard InChI is InChI=1S/C22H19F2N5O2/c1-28-20-14(3-2-8-25-20)15-9-16(15)18(22(28)31)26-21(30)19-17(24)11-29(27-19)10-12-4-6-13(23)7-5-12/h2-8,11,15-16,18H,9-10H2,1H3,(H,26,30)/t15-,16-,18-/m0/s1. The molecule has 1 aliphatic heterocycles. The van der Waals surface area contributed by atoms with Crippen LogP contribution >= 0.6 is 0 Å². The Morgan fingerprint density at radius 1 is 1.23 bits per heavy atom. The Kier molecular flexibility index (Phi) is 4.53. The van der Waals surface area contributed by atoms with Gasteiger partial charge in [-0.3, -0.25) is 19.2 Å². The third-order valence-corrected chi connectivity index (χ3v) is 5.88. The zero-order valence-corrected chi connectivity index (χ0v) is 16.6. The second-order valence-electron chi connectivity index (χ2n) is 7.92. The lowest BCUT2D eigenvalue weighted by molar-refractivity contribution is -0.120. The van der Waals surface area contributed by atoms with Crippen molar-refractivity contribution in [3.05, 3.63) is 77.2 Å². The van der Waals surface area contributed by atoms with Crippen LogP contribution in [-0.4, -0.2) is 39.7 Å². The Morgan fingerprint density at radius 2 is 2.00 bits per heavy atom. The zero-order chi connectivity index (χ0) is 21.7. The summed E-state index contributed by atoms with van der Waals surface area (Å²) in [7, 11) is 1.62. The zero-order valence-electron chi connectivity index (χ0n) is 16.6. The minimum absolute atomic E-state index is 0.0614. The summed E-state index contributed by atoms with van der Waals surface area (Å²) in [6.07, 6.45) is 3.49. The molecular weight excluding hydrogens is 404 g/mol. The highest BCUT2D eigenvalue weighted by Gasteiger charge is 2.52. The number of carbonyl (C=O) groups excluding carboxylic acids is 2. The maximum Gasteiger partial charge on any atom is 0.275 e. The van der Waals surface area contributed by atoms with E-state index in [1.807, 2.05) is 12.1 Å². The van der Waals surface area contributed by atoms with Crippen LogP contribution in [-0.2, 0) is 11.3 Å². The Morgan fingerprint density at radius 3 is 2.77 bits per heavy atom. The van der Waals surface area contributed by atoms with E-state index >= 15 is 0 Å². The molecule has 2 amide bonds. The van der Waals surface area contributed by atoms with Gasteiger partial charge in [0.25, 0.3) is 11.8 Å². The minimum Gasteiger partial charge on any atom is -0.338 e. The average molecular weight is 423 g/mol. The van der Waals surface area contributed by atoms with Crippen molar-refractivity contribution in [2.75, 3.05) is 11.9 Å². The highest BCUT2D eigenvalue weighted by molar-refractivity contribution is 6.02. The number of nitrogens with zero attached hydrogens (tertiary/aromatic N) is 4. The van der Waals surface area contributed by atoms with Crippen molar-refractivity contribution in [3.8, 4) is 0 Å². The number of pyridine rings is 1. The number of rotatable bonds is 4. The quantitative estimate of drug-likeness (QED) is 0.699. The Hall–Kier alpha value is -3.62. The van der Waals surface area contributed by atoms with Crippen molar-refractivity contribution in [2.45, 2.75) is 24.9 Å². The molecule has 0 radical (unpaired) electrons. The van der Waals surface area contributed by atoms with E-state index in [2.05, 4.69) is 15.4 Å². The fraction of sp³-hybridized carbons (Fsp3) is 0.273. The van der Waals surface area contributed by atoms with Crippen LogP contribution in [0.1, 0.15) is 34.0 Å². The van der Waals surface area contributed by atoms with Crippen LogP contribution in [0, 0.1) is 17.6 Å². The van der Waals surface area contributed by atoms with Crippen molar-refractivity contribution >= 4 is 17.6 Å². The fourth-order valence-corrected chi connectivity index (χ4v) is 4.20. The van der Waals surface area contributed by atoms with Crippen LogP contribution in [0.2, 0.25) is 0 Å². The van der Waals surface area contributed by atoms with Crippen LogP contribution in [0.25, 0.3) is 0 Å². The van der Waals surface area contributed by atoms with Crippen molar-refractivity contribution in [2.24, 2.45) is 5.92 Å². The molecule has 158 valence electrons. The monoisotopic (exact) mass is 423 g/mol. The van der Waals surface area contributed by atoms with E-state index in [-0.39, 0.29) is 35.8 Å². The molecule has 1 saturated carbocycles. The largest absolute Gasteiger partial charge is 0.338 e. The number of fused-ring (bicyclic) bond motifs is 3. The molecule has 0 saturated heterocycles. The van der Waals surface area contributed by atoms with Gasteiger partial charge >= 0.3 is 0 Å². The second kappa shape index (κ2) is 7.26. The van der Waals surface area contributed by atoms with E-state index < -0.39 is 17.8 Å². The summed E-state index contributed by atoms with van der Waals surface area (Å²) in [5, 5.41) is 6.72.